The second-order valence-electron chi connectivity index (χ2n) is 4.93. The molecule has 0 radical (unpaired) electrons. The zero-order valence-corrected chi connectivity index (χ0v) is 14.3. The molecule has 0 aliphatic heterocycles. The van der Waals surface area contributed by atoms with Gasteiger partial charge in [-0.2, -0.15) is 0 Å². The first kappa shape index (κ1) is 17.3. The second kappa shape index (κ2) is 6.78. The molecule has 25 heavy (non-hydrogen) atoms. The normalized spacial score (nSPS) is 10.9. The van der Waals surface area contributed by atoms with Crippen LogP contribution in [0.25, 0.3) is 16.9 Å². The van der Waals surface area contributed by atoms with Crippen LogP contribution in [0.15, 0.2) is 35.4 Å². The SMILES string of the molecule is CCOC(=O)c1cn(-c2ncc(F)cc2Cl)c2nc(Cl)ccc2c1=O. The molecule has 3 rings (SSSR count). The number of nitrogens with zero attached hydrogens (tertiary/aromatic N) is 3. The van der Waals surface area contributed by atoms with Crippen molar-refractivity contribution in [3.8, 4) is 5.82 Å². The molecule has 0 fully saturated rings. The predicted molar refractivity (Wildman–Crippen MR) is 91.1 cm³/mol. The lowest BCUT2D eigenvalue weighted by Crippen LogP contribution is -2.21. The first-order valence-electron chi connectivity index (χ1n) is 7.12. The zero-order chi connectivity index (χ0) is 18.1. The summed E-state index contributed by atoms with van der Waals surface area (Å²) in [5.41, 5.74) is -0.653. The van der Waals surface area contributed by atoms with Crippen LogP contribution >= 0.6 is 23.2 Å². The number of esters is 1. The Morgan fingerprint density at radius 3 is 2.80 bits per heavy atom. The Labute approximate surface area is 150 Å². The van der Waals surface area contributed by atoms with Gasteiger partial charge < -0.3 is 4.74 Å². The maximum Gasteiger partial charge on any atom is 0.343 e. The highest BCUT2D eigenvalue weighted by atomic mass is 35.5. The molecule has 128 valence electrons. The van der Waals surface area contributed by atoms with Crippen LogP contribution < -0.4 is 5.43 Å². The molecule has 0 aliphatic rings. The lowest BCUT2D eigenvalue weighted by atomic mass is 10.2. The summed E-state index contributed by atoms with van der Waals surface area (Å²) in [5, 5.41) is 0.224. The summed E-state index contributed by atoms with van der Waals surface area (Å²) < 4.78 is 19.5. The number of hydrogen-bond acceptors (Lipinski definition) is 5. The highest BCUT2D eigenvalue weighted by molar-refractivity contribution is 6.32. The Hall–Kier alpha value is -2.51. The fraction of sp³-hybridized carbons (Fsp3) is 0.125. The van der Waals surface area contributed by atoms with E-state index < -0.39 is 17.2 Å². The van der Waals surface area contributed by atoms with E-state index in [-0.39, 0.29) is 39.2 Å². The van der Waals surface area contributed by atoms with E-state index in [1.54, 1.807) is 6.92 Å². The van der Waals surface area contributed by atoms with E-state index in [1.807, 2.05) is 0 Å². The topological polar surface area (TPSA) is 74.1 Å². The summed E-state index contributed by atoms with van der Waals surface area (Å²) >= 11 is 12.0. The first-order valence-corrected chi connectivity index (χ1v) is 7.88. The quantitative estimate of drug-likeness (QED) is 0.513. The van der Waals surface area contributed by atoms with E-state index in [0.717, 1.165) is 12.3 Å². The molecule has 0 aromatic carbocycles. The van der Waals surface area contributed by atoms with Gasteiger partial charge in [-0.3, -0.25) is 9.36 Å². The smallest absolute Gasteiger partial charge is 0.343 e. The second-order valence-corrected chi connectivity index (χ2v) is 5.72. The third-order valence-electron chi connectivity index (χ3n) is 3.33. The van der Waals surface area contributed by atoms with Gasteiger partial charge in [-0.05, 0) is 25.1 Å². The van der Waals surface area contributed by atoms with Gasteiger partial charge >= 0.3 is 5.97 Å². The summed E-state index contributed by atoms with van der Waals surface area (Å²) in [5.74, 6) is -1.33. The molecule has 0 atom stereocenters. The van der Waals surface area contributed by atoms with Gasteiger partial charge in [-0.15, -0.1) is 0 Å². The Morgan fingerprint density at radius 2 is 2.12 bits per heavy atom. The lowest BCUT2D eigenvalue weighted by molar-refractivity contribution is 0.0524. The average molecular weight is 382 g/mol. The van der Waals surface area contributed by atoms with E-state index in [1.165, 1.54) is 22.9 Å². The number of ether oxygens (including phenoxy) is 1. The van der Waals surface area contributed by atoms with Crippen molar-refractivity contribution in [3.63, 3.8) is 0 Å². The molecule has 9 heteroatoms. The first-order chi connectivity index (χ1) is 11.9. The van der Waals surface area contributed by atoms with Crippen molar-refractivity contribution in [1.82, 2.24) is 14.5 Å². The molecule has 0 saturated carbocycles. The van der Waals surface area contributed by atoms with Crippen LogP contribution in [0.5, 0.6) is 0 Å². The molecule has 0 amide bonds. The van der Waals surface area contributed by atoms with Crippen LogP contribution in [-0.2, 0) is 4.74 Å². The van der Waals surface area contributed by atoms with Gasteiger partial charge in [-0.25, -0.2) is 19.2 Å². The van der Waals surface area contributed by atoms with Crippen molar-refractivity contribution in [3.05, 3.63) is 62.4 Å². The van der Waals surface area contributed by atoms with Crippen LogP contribution in [0.1, 0.15) is 17.3 Å². The van der Waals surface area contributed by atoms with Crippen molar-refractivity contribution in [2.75, 3.05) is 6.61 Å². The highest BCUT2D eigenvalue weighted by Gasteiger charge is 2.20. The Bertz CT molecular complexity index is 1050. The number of rotatable bonds is 3. The van der Waals surface area contributed by atoms with Crippen molar-refractivity contribution in [2.45, 2.75) is 6.92 Å². The van der Waals surface area contributed by atoms with Gasteiger partial charge in [0.25, 0.3) is 0 Å². The molecule has 3 aromatic rings. The fourth-order valence-corrected chi connectivity index (χ4v) is 2.67. The standard InChI is InChI=1S/C16H10Cl2FN3O3/c1-2-25-16(24)10-7-22(15-11(17)5-8(19)6-20-15)14-9(13(10)23)3-4-12(18)21-14/h3-7H,2H2,1H3. The van der Waals surface area contributed by atoms with Crippen molar-refractivity contribution < 1.29 is 13.9 Å². The summed E-state index contributed by atoms with van der Waals surface area (Å²) in [6.07, 6.45) is 2.16. The Morgan fingerprint density at radius 1 is 1.36 bits per heavy atom. The third-order valence-corrected chi connectivity index (χ3v) is 3.82. The minimum Gasteiger partial charge on any atom is -0.462 e. The minimum atomic E-state index is -0.795. The molecule has 0 N–H and O–H groups in total. The van der Waals surface area contributed by atoms with Crippen LogP contribution in [0.2, 0.25) is 10.2 Å². The highest BCUT2D eigenvalue weighted by Crippen LogP contribution is 2.23. The van der Waals surface area contributed by atoms with E-state index in [4.69, 9.17) is 27.9 Å². The molecule has 0 spiro atoms. The molecule has 3 heterocycles. The maximum absolute atomic E-state index is 13.3. The van der Waals surface area contributed by atoms with E-state index in [2.05, 4.69) is 9.97 Å². The van der Waals surface area contributed by atoms with Gasteiger partial charge in [-0.1, -0.05) is 23.2 Å². The van der Waals surface area contributed by atoms with E-state index >= 15 is 0 Å². The lowest BCUT2D eigenvalue weighted by Gasteiger charge is -2.13. The molecular formula is C16H10Cl2FN3O3. The number of halogens is 3. The van der Waals surface area contributed by atoms with Gasteiger partial charge in [0.2, 0.25) is 5.43 Å². The molecule has 0 aliphatic carbocycles. The number of carbonyl (C=O) groups excluding carboxylic acids is 1. The van der Waals surface area contributed by atoms with Gasteiger partial charge in [0.05, 0.1) is 23.2 Å². The molecular weight excluding hydrogens is 372 g/mol. The maximum atomic E-state index is 13.3. The zero-order valence-electron chi connectivity index (χ0n) is 12.8. The van der Waals surface area contributed by atoms with Crippen LogP contribution in [0.4, 0.5) is 4.39 Å². The monoisotopic (exact) mass is 381 g/mol. The minimum absolute atomic E-state index is 0.0264. The Balaban J connectivity index is 2.39. The van der Waals surface area contributed by atoms with E-state index in [9.17, 15) is 14.0 Å². The molecule has 6 nitrogen and oxygen atoms in total. The molecule has 3 aromatic heterocycles. The number of pyridine rings is 3. The van der Waals surface area contributed by atoms with Gasteiger partial charge in [0.15, 0.2) is 11.5 Å². The Kier molecular flexibility index (Phi) is 4.69. The van der Waals surface area contributed by atoms with Crippen molar-refractivity contribution >= 4 is 40.2 Å². The number of aromatic nitrogens is 3. The van der Waals surface area contributed by atoms with Gasteiger partial charge in [0, 0.05) is 6.20 Å². The summed E-state index contributed by atoms with van der Waals surface area (Å²) in [7, 11) is 0. The van der Waals surface area contributed by atoms with Crippen molar-refractivity contribution in [1.29, 1.82) is 0 Å². The van der Waals surface area contributed by atoms with Crippen LogP contribution in [0, 0.1) is 5.82 Å². The average Bonchev–Trinajstić information content (AvgIpc) is 2.56. The number of carbonyl (C=O) groups is 1. The van der Waals surface area contributed by atoms with Crippen LogP contribution in [0.3, 0.4) is 0 Å². The largest absolute Gasteiger partial charge is 0.462 e. The molecule has 0 saturated heterocycles. The summed E-state index contributed by atoms with van der Waals surface area (Å²) in [6.45, 7) is 1.72. The van der Waals surface area contributed by atoms with Gasteiger partial charge in [0.1, 0.15) is 16.5 Å². The number of hydrogen-bond donors (Lipinski definition) is 0. The molecule has 0 unspecified atom stereocenters. The number of fused-ring (bicyclic) bond motifs is 1. The van der Waals surface area contributed by atoms with Crippen molar-refractivity contribution in [2.24, 2.45) is 0 Å². The summed E-state index contributed by atoms with van der Waals surface area (Å²) in [4.78, 5) is 32.7. The fourth-order valence-electron chi connectivity index (χ4n) is 2.28. The van der Waals surface area contributed by atoms with E-state index in [0.29, 0.717) is 0 Å². The third kappa shape index (κ3) is 3.20. The summed E-state index contributed by atoms with van der Waals surface area (Å²) in [6, 6.07) is 3.91. The van der Waals surface area contributed by atoms with Crippen LogP contribution in [-0.4, -0.2) is 27.1 Å². The molecule has 0 bridgehead atoms. The predicted octanol–water partition coefficient (Wildman–Crippen LogP) is 3.40.